The summed E-state index contributed by atoms with van der Waals surface area (Å²) in [5, 5.41) is 3.63. The van der Waals surface area contributed by atoms with Gasteiger partial charge >= 0.3 is 0 Å². The van der Waals surface area contributed by atoms with E-state index < -0.39 is 0 Å². The molecule has 0 spiro atoms. The Bertz CT molecular complexity index is 204. The van der Waals surface area contributed by atoms with Gasteiger partial charge in [-0.15, -0.1) is 0 Å². The Morgan fingerprint density at radius 3 is 2.59 bits per heavy atom. The molecule has 2 atom stereocenters. The third kappa shape index (κ3) is 4.94. The van der Waals surface area contributed by atoms with E-state index in [0.29, 0.717) is 6.04 Å². The van der Waals surface area contributed by atoms with E-state index in [1.165, 1.54) is 32.5 Å². The van der Waals surface area contributed by atoms with Crippen LogP contribution in [0.3, 0.4) is 0 Å². The van der Waals surface area contributed by atoms with E-state index in [1.54, 1.807) is 0 Å². The van der Waals surface area contributed by atoms with Crippen LogP contribution in [0.2, 0.25) is 0 Å². The molecular weight excluding hydrogens is 210 g/mol. The molecule has 0 amide bonds. The Labute approximate surface area is 108 Å². The summed E-state index contributed by atoms with van der Waals surface area (Å²) >= 11 is 0. The lowest BCUT2D eigenvalue weighted by Crippen LogP contribution is -2.47. The molecule has 0 radical (unpaired) electrons. The highest BCUT2D eigenvalue weighted by Crippen LogP contribution is 2.19. The van der Waals surface area contributed by atoms with Gasteiger partial charge in [-0.25, -0.2) is 0 Å². The Balaban J connectivity index is 2.46. The number of likely N-dealkylation sites (tertiary alicyclic amines) is 1. The van der Waals surface area contributed by atoms with Crippen molar-refractivity contribution in [3.8, 4) is 0 Å². The second kappa shape index (κ2) is 7.34. The molecule has 17 heavy (non-hydrogen) atoms. The van der Waals surface area contributed by atoms with Crippen molar-refractivity contribution in [3.05, 3.63) is 0 Å². The molecule has 1 saturated heterocycles. The fourth-order valence-electron chi connectivity index (χ4n) is 2.79. The van der Waals surface area contributed by atoms with E-state index in [-0.39, 0.29) is 0 Å². The summed E-state index contributed by atoms with van der Waals surface area (Å²) in [7, 11) is 4.36. The third-order valence-corrected chi connectivity index (χ3v) is 3.78. The van der Waals surface area contributed by atoms with Crippen LogP contribution in [0.25, 0.3) is 0 Å². The van der Waals surface area contributed by atoms with Crippen molar-refractivity contribution in [1.82, 2.24) is 15.1 Å². The van der Waals surface area contributed by atoms with Crippen LogP contribution in [0, 0.1) is 5.92 Å². The fourth-order valence-corrected chi connectivity index (χ4v) is 2.79. The van der Waals surface area contributed by atoms with Crippen LogP contribution in [0.15, 0.2) is 0 Å². The second-order valence-corrected chi connectivity index (χ2v) is 5.96. The van der Waals surface area contributed by atoms with Crippen LogP contribution in [0.4, 0.5) is 0 Å². The largest absolute Gasteiger partial charge is 0.313 e. The average Bonchev–Trinajstić information content (AvgIpc) is 2.64. The summed E-state index contributed by atoms with van der Waals surface area (Å²) in [5.41, 5.74) is 0. The molecule has 102 valence electrons. The van der Waals surface area contributed by atoms with Gasteiger partial charge in [0.25, 0.3) is 0 Å². The first kappa shape index (κ1) is 14.9. The zero-order chi connectivity index (χ0) is 12.8. The van der Waals surface area contributed by atoms with Gasteiger partial charge < -0.3 is 10.2 Å². The lowest BCUT2D eigenvalue weighted by molar-refractivity contribution is 0.176. The molecule has 1 N–H and O–H groups in total. The standard InChI is InChI=1S/C14H31N3/c1-6-15-14(12(2)3)11-17-9-7-8-13(17)10-16(4)5/h12-15H,6-11H2,1-5H3. The summed E-state index contributed by atoms with van der Waals surface area (Å²) in [6, 6.07) is 1.41. The lowest BCUT2D eigenvalue weighted by atomic mass is 10.0. The van der Waals surface area contributed by atoms with Crippen LogP contribution in [-0.4, -0.2) is 62.2 Å². The first-order valence-electron chi connectivity index (χ1n) is 7.16. The molecule has 0 saturated carbocycles. The van der Waals surface area contributed by atoms with Gasteiger partial charge in [0, 0.05) is 25.2 Å². The van der Waals surface area contributed by atoms with Crippen LogP contribution in [0.5, 0.6) is 0 Å². The number of hydrogen-bond donors (Lipinski definition) is 1. The summed E-state index contributed by atoms with van der Waals surface area (Å²) < 4.78 is 0. The summed E-state index contributed by atoms with van der Waals surface area (Å²) in [4.78, 5) is 5.01. The molecule has 3 heteroatoms. The molecule has 0 aliphatic carbocycles. The maximum atomic E-state index is 3.63. The Morgan fingerprint density at radius 2 is 2.06 bits per heavy atom. The molecular formula is C14H31N3. The van der Waals surface area contributed by atoms with Crippen molar-refractivity contribution in [2.75, 3.05) is 40.3 Å². The van der Waals surface area contributed by atoms with E-state index in [1.807, 2.05) is 0 Å². The normalized spacial score (nSPS) is 23.8. The van der Waals surface area contributed by atoms with Gasteiger partial charge in [0.05, 0.1) is 0 Å². The van der Waals surface area contributed by atoms with Crippen molar-refractivity contribution in [3.63, 3.8) is 0 Å². The highest BCUT2D eigenvalue weighted by atomic mass is 15.2. The minimum atomic E-state index is 0.641. The van der Waals surface area contributed by atoms with Gasteiger partial charge in [0.1, 0.15) is 0 Å². The molecule has 1 heterocycles. The summed E-state index contributed by atoms with van der Waals surface area (Å²) in [6.45, 7) is 11.6. The maximum Gasteiger partial charge on any atom is 0.0224 e. The number of nitrogens with one attached hydrogen (secondary N) is 1. The van der Waals surface area contributed by atoms with Gasteiger partial charge in [-0.3, -0.25) is 4.90 Å². The summed E-state index contributed by atoms with van der Waals surface area (Å²) in [5.74, 6) is 0.718. The molecule has 0 aromatic heterocycles. The minimum Gasteiger partial charge on any atom is -0.313 e. The van der Waals surface area contributed by atoms with Crippen molar-refractivity contribution in [2.24, 2.45) is 5.92 Å². The van der Waals surface area contributed by atoms with Gasteiger partial charge in [-0.2, -0.15) is 0 Å². The van der Waals surface area contributed by atoms with Crippen LogP contribution >= 0.6 is 0 Å². The quantitative estimate of drug-likeness (QED) is 0.731. The Kier molecular flexibility index (Phi) is 6.45. The molecule has 0 aromatic carbocycles. The molecule has 1 rings (SSSR count). The smallest absolute Gasteiger partial charge is 0.0224 e. The first-order valence-corrected chi connectivity index (χ1v) is 7.16. The van der Waals surface area contributed by atoms with Crippen molar-refractivity contribution < 1.29 is 0 Å². The van der Waals surface area contributed by atoms with Crippen LogP contribution < -0.4 is 5.32 Å². The highest BCUT2D eigenvalue weighted by Gasteiger charge is 2.27. The maximum absolute atomic E-state index is 3.63. The zero-order valence-corrected chi connectivity index (χ0v) is 12.4. The van der Waals surface area contributed by atoms with E-state index >= 15 is 0 Å². The van der Waals surface area contributed by atoms with Gasteiger partial charge in [-0.05, 0) is 45.9 Å². The monoisotopic (exact) mass is 241 g/mol. The second-order valence-electron chi connectivity index (χ2n) is 5.96. The van der Waals surface area contributed by atoms with Crippen LogP contribution in [-0.2, 0) is 0 Å². The predicted octanol–water partition coefficient (Wildman–Crippen LogP) is 1.65. The van der Waals surface area contributed by atoms with Crippen molar-refractivity contribution >= 4 is 0 Å². The molecule has 0 aromatic rings. The fraction of sp³-hybridized carbons (Fsp3) is 1.00. The number of hydrogen-bond acceptors (Lipinski definition) is 3. The summed E-state index contributed by atoms with van der Waals surface area (Å²) in [6.07, 6.45) is 2.74. The van der Waals surface area contributed by atoms with E-state index in [4.69, 9.17) is 0 Å². The van der Waals surface area contributed by atoms with Gasteiger partial charge in [0.15, 0.2) is 0 Å². The number of rotatable bonds is 7. The Morgan fingerprint density at radius 1 is 1.35 bits per heavy atom. The molecule has 0 bridgehead atoms. The molecule has 1 aliphatic rings. The number of likely N-dealkylation sites (N-methyl/N-ethyl adjacent to an activating group) is 2. The molecule has 1 aliphatic heterocycles. The topological polar surface area (TPSA) is 18.5 Å². The zero-order valence-electron chi connectivity index (χ0n) is 12.4. The van der Waals surface area contributed by atoms with E-state index in [9.17, 15) is 0 Å². The van der Waals surface area contributed by atoms with Gasteiger partial charge in [-0.1, -0.05) is 20.8 Å². The highest BCUT2D eigenvalue weighted by molar-refractivity contribution is 4.85. The van der Waals surface area contributed by atoms with Gasteiger partial charge in [0.2, 0.25) is 0 Å². The number of nitrogens with zero attached hydrogens (tertiary/aromatic N) is 2. The minimum absolute atomic E-state index is 0.641. The lowest BCUT2D eigenvalue weighted by Gasteiger charge is -2.32. The molecule has 1 fully saturated rings. The van der Waals surface area contributed by atoms with Crippen molar-refractivity contribution in [1.29, 1.82) is 0 Å². The average molecular weight is 241 g/mol. The third-order valence-electron chi connectivity index (χ3n) is 3.78. The predicted molar refractivity (Wildman–Crippen MR) is 75.5 cm³/mol. The Hall–Kier alpha value is -0.120. The first-order chi connectivity index (χ1) is 8.04. The van der Waals surface area contributed by atoms with Crippen molar-refractivity contribution in [2.45, 2.75) is 45.7 Å². The molecule has 2 unspecified atom stereocenters. The SMILES string of the molecule is CCNC(CN1CCCC1CN(C)C)C(C)C. The van der Waals surface area contributed by atoms with E-state index in [2.05, 4.69) is 50.0 Å². The molecule has 3 nitrogen and oxygen atoms in total. The van der Waals surface area contributed by atoms with E-state index in [0.717, 1.165) is 18.5 Å². The van der Waals surface area contributed by atoms with Crippen LogP contribution in [0.1, 0.15) is 33.6 Å².